The number of nitrogens with zero attached hydrogens (tertiary/aromatic N) is 2. The zero-order valence-electron chi connectivity index (χ0n) is 11.6. The van der Waals surface area contributed by atoms with Crippen LogP contribution in [0.5, 0.6) is 0 Å². The van der Waals surface area contributed by atoms with Crippen molar-refractivity contribution >= 4 is 0 Å². The largest absolute Gasteiger partial charge is 0.317 e. The fourth-order valence-electron chi connectivity index (χ4n) is 2.94. The first-order valence-corrected chi connectivity index (χ1v) is 7.02. The molecule has 0 amide bonds. The van der Waals surface area contributed by atoms with E-state index in [1.54, 1.807) is 0 Å². The number of pyridine rings is 1. The second-order valence-electron chi connectivity index (χ2n) is 5.56. The van der Waals surface area contributed by atoms with Gasteiger partial charge in [-0.05, 0) is 63.4 Å². The standard InChI is InChI=1S/C15H25N3/c1-16-15-5-3-13(4-6-15)11-18(2)12-14-7-9-17-10-8-14/h7-10,13,15-16H,3-6,11-12H2,1-2H3. The molecule has 1 heterocycles. The van der Waals surface area contributed by atoms with Crippen molar-refractivity contribution in [2.45, 2.75) is 38.3 Å². The van der Waals surface area contributed by atoms with E-state index in [-0.39, 0.29) is 0 Å². The predicted octanol–water partition coefficient (Wildman–Crippen LogP) is 2.29. The monoisotopic (exact) mass is 247 g/mol. The Hall–Kier alpha value is -0.930. The number of aromatic nitrogens is 1. The van der Waals surface area contributed by atoms with Crippen LogP contribution < -0.4 is 5.32 Å². The summed E-state index contributed by atoms with van der Waals surface area (Å²) in [6.45, 7) is 2.26. The predicted molar refractivity (Wildman–Crippen MR) is 75.4 cm³/mol. The Morgan fingerprint density at radius 1 is 1.22 bits per heavy atom. The van der Waals surface area contributed by atoms with Crippen molar-refractivity contribution in [3.63, 3.8) is 0 Å². The maximum absolute atomic E-state index is 4.06. The van der Waals surface area contributed by atoms with Crippen LogP contribution in [0.1, 0.15) is 31.2 Å². The number of hydrogen-bond donors (Lipinski definition) is 1. The first-order valence-electron chi connectivity index (χ1n) is 7.02. The molecule has 0 saturated heterocycles. The summed E-state index contributed by atoms with van der Waals surface area (Å²) < 4.78 is 0. The van der Waals surface area contributed by atoms with Gasteiger partial charge >= 0.3 is 0 Å². The summed E-state index contributed by atoms with van der Waals surface area (Å²) in [5, 5.41) is 3.40. The van der Waals surface area contributed by atoms with Gasteiger partial charge in [0.25, 0.3) is 0 Å². The summed E-state index contributed by atoms with van der Waals surface area (Å²) in [7, 11) is 4.31. The molecule has 3 heteroatoms. The Balaban J connectivity index is 1.73. The smallest absolute Gasteiger partial charge is 0.0271 e. The molecule has 0 radical (unpaired) electrons. The summed E-state index contributed by atoms with van der Waals surface area (Å²) in [6.07, 6.45) is 9.16. The van der Waals surface area contributed by atoms with Gasteiger partial charge in [-0.25, -0.2) is 0 Å². The minimum Gasteiger partial charge on any atom is -0.317 e. The molecule has 1 aromatic heterocycles. The van der Waals surface area contributed by atoms with Crippen molar-refractivity contribution in [3.05, 3.63) is 30.1 Å². The maximum atomic E-state index is 4.06. The molecule has 1 aromatic rings. The Labute approximate surface area is 111 Å². The molecule has 3 nitrogen and oxygen atoms in total. The van der Waals surface area contributed by atoms with Gasteiger partial charge in [0.15, 0.2) is 0 Å². The lowest BCUT2D eigenvalue weighted by Crippen LogP contribution is -2.34. The van der Waals surface area contributed by atoms with Crippen molar-refractivity contribution in [1.29, 1.82) is 0 Å². The van der Waals surface area contributed by atoms with Gasteiger partial charge in [-0.2, -0.15) is 0 Å². The minimum absolute atomic E-state index is 0.756. The van der Waals surface area contributed by atoms with Gasteiger partial charge in [0.2, 0.25) is 0 Å². The van der Waals surface area contributed by atoms with E-state index in [4.69, 9.17) is 0 Å². The molecule has 0 atom stereocenters. The van der Waals surface area contributed by atoms with Crippen LogP contribution in [0.2, 0.25) is 0 Å². The molecule has 0 aliphatic heterocycles. The molecule has 0 unspecified atom stereocenters. The lowest BCUT2D eigenvalue weighted by atomic mass is 9.86. The van der Waals surface area contributed by atoms with E-state index in [0.29, 0.717) is 0 Å². The zero-order valence-corrected chi connectivity index (χ0v) is 11.6. The quantitative estimate of drug-likeness (QED) is 0.865. The van der Waals surface area contributed by atoms with E-state index in [1.807, 2.05) is 12.4 Å². The third-order valence-electron chi connectivity index (χ3n) is 4.03. The van der Waals surface area contributed by atoms with E-state index in [0.717, 1.165) is 18.5 Å². The number of rotatable bonds is 5. The average molecular weight is 247 g/mol. The molecular weight excluding hydrogens is 222 g/mol. The Bertz CT molecular complexity index is 331. The molecule has 18 heavy (non-hydrogen) atoms. The third-order valence-corrected chi connectivity index (χ3v) is 4.03. The molecule has 0 spiro atoms. The Kier molecular flexibility index (Phi) is 5.14. The first-order chi connectivity index (χ1) is 8.78. The molecule has 1 saturated carbocycles. The van der Waals surface area contributed by atoms with Gasteiger partial charge in [-0.3, -0.25) is 4.98 Å². The molecule has 100 valence electrons. The van der Waals surface area contributed by atoms with Crippen LogP contribution in [0.25, 0.3) is 0 Å². The van der Waals surface area contributed by atoms with Crippen molar-refractivity contribution < 1.29 is 0 Å². The molecule has 1 aliphatic carbocycles. The van der Waals surface area contributed by atoms with Crippen molar-refractivity contribution in [1.82, 2.24) is 15.2 Å². The molecule has 1 fully saturated rings. The van der Waals surface area contributed by atoms with E-state index in [2.05, 4.69) is 41.4 Å². The van der Waals surface area contributed by atoms with Crippen LogP contribution in [0.4, 0.5) is 0 Å². The Morgan fingerprint density at radius 2 is 1.89 bits per heavy atom. The SMILES string of the molecule is CNC1CCC(CN(C)Cc2ccncc2)CC1. The fraction of sp³-hybridized carbons (Fsp3) is 0.667. The third kappa shape index (κ3) is 4.07. The highest BCUT2D eigenvalue weighted by Crippen LogP contribution is 2.24. The average Bonchev–Trinajstić information content (AvgIpc) is 2.40. The summed E-state index contributed by atoms with van der Waals surface area (Å²) in [5.74, 6) is 0.876. The van der Waals surface area contributed by atoms with Gasteiger partial charge in [0, 0.05) is 31.5 Å². The van der Waals surface area contributed by atoms with E-state index in [1.165, 1.54) is 37.8 Å². The highest BCUT2D eigenvalue weighted by atomic mass is 15.1. The summed E-state index contributed by atoms with van der Waals surface area (Å²) in [6, 6.07) is 4.97. The van der Waals surface area contributed by atoms with Crippen LogP contribution >= 0.6 is 0 Å². The molecule has 1 aliphatic rings. The van der Waals surface area contributed by atoms with E-state index < -0.39 is 0 Å². The molecule has 0 aromatic carbocycles. The van der Waals surface area contributed by atoms with Crippen LogP contribution in [0.3, 0.4) is 0 Å². The van der Waals surface area contributed by atoms with Gasteiger partial charge in [0.05, 0.1) is 0 Å². The maximum Gasteiger partial charge on any atom is 0.0271 e. The highest BCUT2D eigenvalue weighted by Gasteiger charge is 2.20. The van der Waals surface area contributed by atoms with Crippen molar-refractivity contribution in [2.24, 2.45) is 5.92 Å². The van der Waals surface area contributed by atoms with Gasteiger partial charge in [-0.1, -0.05) is 0 Å². The molecule has 2 rings (SSSR count). The van der Waals surface area contributed by atoms with E-state index in [9.17, 15) is 0 Å². The van der Waals surface area contributed by atoms with Crippen LogP contribution in [-0.4, -0.2) is 36.6 Å². The lowest BCUT2D eigenvalue weighted by Gasteiger charge is -2.31. The summed E-state index contributed by atoms with van der Waals surface area (Å²) in [5.41, 5.74) is 1.36. The lowest BCUT2D eigenvalue weighted by molar-refractivity contribution is 0.211. The summed E-state index contributed by atoms with van der Waals surface area (Å²) in [4.78, 5) is 6.50. The van der Waals surface area contributed by atoms with Crippen LogP contribution in [0, 0.1) is 5.92 Å². The molecule has 1 N–H and O–H groups in total. The van der Waals surface area contributed by atoms with E-state index >= 15 is 0 Å². The normalized spacial score (nSPS) is 24.4. The zero-order chi connectivity index (χ0) is 12.8. The number of hydrogen-bond acceptors (Lipinski definition) is 3. The molecule has 0 bridgehead atoms. The highest BCUT2D eigenvalue weighted by molar-refractivity contribution is 5.09. The van der Waals surface area contributed by atoms with Crippen LogP contribution in [0.15, 0.2) is 24.5 Å². The fourth-order valence-corrected chi connectivity index (χ4v) is 2.94. The van der Waals surface area contributed by atoms with Gasteiger partial charge in [-0.15, -0.1) is 0 Å². The topological polar surface area (TPSA) is 28.2 Å². The second-order valence-corrected chi connectivity index (χ2v) is 5.56. The molecular formula is C15H25N3. The van der Waals surface area contributed by atoms with Crippen molar-refractivity contribution in [3.8, 4) is 0 Å². The van der Waals surface area contributed by atoms with Gasteiger partial charge < -0.3 is 10.2 Å². The van der Waals surface area contributed by atoms with Crippen molar-refractivity contribution in [2.75, 3.05) is 20.6 Å². The van der Waals surface area contributed by atoms with Crippen LogP contribution in [-0.2, 0) is 6.54 Å². The Morgan fingerprint density at radius 3 is 2.50 bits per heavy atom. The second kappa shape index (κ2) is 6.86. The minimum atomic E-state index is 0.756. The summed E-state index contributed by atoms with van der Waals surface area (Å²) >= 11 is 0. The van der Waals surface area contributed by atoms with Gasteiger partial charge in [0.1, 0.15) is 0 Å². The number of nitrogens with one attached hydrogen (secondary N) is 1. The first kappa shape index (κ1) is 13.5.